The molecule has 2 aromatic rings. The fraction of sp³-hybridized carbons (Fsp3) is 0.412. The maximum Gasteiger partial charge on any atom is 0.226 e. The minimum atomic E-state index is 0.192. The zero-order valence-corrected chi connectivity index (χ0v) is 13.2. The molecule has 3 rings (SSSR count). The topological polar surface area (TPSA) is 59.0 Å². The number of amides is 1. The molecule has 2 aromatic heterocycles. The van der Waals surface area contributed by atoms with Gasteiger partial charge in [-0.3, -0.25) is 9.78 Å². The van der Waals surface area contributed by atoms with E-state index in [1.807, 2.05) is 32.3 Å². The lowest BCUT2D eigenvalue weighted by Gasteiger charge is -2.19. The van der Waals surface area contributed by atoms with Gasteiger partial charge in [-0.1, -0.05) is 6.92 Å². The van der Waals surface area contributed by atoms with Gasteiger partial charge in [0.2, 0.25) is 5.91 Å². The van der Waals surface area contributed by atoms with Crippen LogP contribution in [0, 0.1) is 18.8 Å². The zero-order chi connectivity index (χ0) is 15.7. The largest absolute Gasteiger partial charge is 0.340 e. The fourth-order valence-electron chi connectivity index (χ4n) is 2.66. The Balaban J connectivity index is 1.86. The Morgan fingerprint density at radius 2 is 2.05 bits per heavy atom. The van der Waals surface area contributed by atoms with Crippen molar-refractivity contribution in [2.45, 2.75) is 26.8 Å². The SMILES string of the molecule is Cc1ncc(-c2ccncc2)c(CN(C)C(=O)C2CC2C)n1. The second-order valence-corrected chi connectivity index (χ2v) is 6.03. The van der Waals surface area contributed by atoms with Crippen LogP contribution >= 0.6 is 0 Å². The van der Waals surface area contributed by atoms with Gasteiger partial charge in [-0.2, -0.15) is 0 Å². The Kier molecular flexibility index (Phi) is 3.88. The average molecular weight is 296 g/mol. The molecule has 5 heteroatoms. The highest BCUT2D eigenvalue weighted by Crippen LogP contribution is 2.39. The summed E-state index contributed by atoms with van der Waals surface area (Å²) in [4.78, 5) is 27.0. The van der Waals surface area contributed by atoms with Crippen molar-refractivity contribution < 1.29 is 4.79 Å². The second kappa shape index (κ2) is 5.83. The molecule has 0 N–H and O–H groups in total. The van der Waals surface area contributed by atoms with Crippen LogP contribution in [0.15, 0.2) is 30.7 Å². The highest BCUT2D eigenvalue weighted by molar-refractivity contribution is 5.81. The molecule has 0 spiro atoms. The van der Waals surface area contributed by atoms with Gasteiger partial charge in [0.25, 0.3) is 0 Å². The Morgan fingerprint density at radius 3 is 2.68 bits per heavy atom. The fourth-order valence-corrected chi connectivity index (χ4v) is 2.66. The summed E-state index contributed by atoms with van der Waals surface area (Å²) in [6.07, 6.45) is 6.33. The third-order valence-corrected chi connectivity index (χ3v) is 4.17. The molecule has 1 saturated carbocycles. The Labute approximate surface area is 130 Å². The van der Waals surface area contributed by atoms with Crippen molar-refractivity contribution >= 4 is 5.91 Å². The summed E-state index contributed by atoms with van der Waals surface area (Å²) in [5, 5.41) is 0. The van der Waals surface area contributed by atoms with Crippen molar-refractivity contribution in [2.75, 3.05) is 7.05 Å². The third kappa shape index (κ3) is 2.98. The van der Waals surface area contributed by atoms with E-state index in [1.165, 1.54) is 0 Å². The minimum Gasteiger partial charge on any atom is -0.340 e. The number of hydrogen-bond donors (Lipinski definition) is 0. The number of carbonyl (C=O) groups excluding carboxylic acids is 1. The first-order chi connectivity index (χ1) is 10.6. The van der Waals surface area contributed by atoms with E-state index in [1.54, 1.807) is 17.3 Å². The van der Waals surface area contributed by atoms with E-state index in [9.17, 15) is 4.79 Å². The quantitative estimate of drug-likeness (QED) is 0.869. The van der Waals surface area contributed by atoms with Gasteiger partial charge in [0.05, 0.1) is 12.2 Å². The molecule has 1 aliphatic carbocycles. The number of carbonyl (C=O) groups is 1. The molecule has 0 radical (unpaired) electrons. The number of pyridine rings is 1. The lowest BCUT2D eigenvalue weighted by Crippen LogP contribution is -2.28. The Bertz CT molecular complexity index is 686. The predicted molar refractivity (Wildman–Crippen MR) is 83.7 cm³/mol. The van der Waals surface area contributed by atoms with Crippen LogP contribution in [-0.2, 0) is 11.3 Å². The molecule has 0 aliphatic heterocycles. The molecule has 5 nitrogen and oxygen atoms in total. The minimum absolute atomic E-state index is 0.192. The van der Waals surface area contributed by atoms with E-state index >= 15 is 0 Å². The molecule has 2 atom stereocenters. The van der Waals surface area contributed by atoms with Crippen LogP contribution in [0.3, 0.4) is 0 Å². The van der Waals surface area contributed by atoms with E-state index in [0.717, 1.165) is 23.2 Å². The van der Waals surface area contributed by atoms with Gasteiger partial charge < -0.3 is 4.90 Å². The summed E-state index contributed by atoms with van der Waals surface area (Å²) in [6, 6.07) is 3.87. The van der Waals surface area contributed by atoms with Crippen LogP contribution in [0.2, 0.25) is 0 Å². The van der Waals surface area contributed by atoms with Crippen LogP contribution in [0.1, 0.15) is 24.9 Å². The lowest BCUT2D eigenvalue weighted by molar-refractivity contribution is -0.132. The number of hydrogen-bond acceptors (Lipinski definition) is 4. The van der Waals surface area contributed by atoms with Gasteiger partial charge >= 0.3 is 0 Å². The van der Waals surface area contributed by atoms with Crippen molar-refractivity contribution in [2.24, 2.45) is 11.8 Å². The molecule has 2 unspecified atom stereocenters. The molecular formula is C17H20N4O. The molecule has 0 aromatic carbocycles. The molecule has 1 aliphatic rings. The molecule has 1 fully saturated rings. The van der Waals surface area contributed by atoms with Gasteiger partial charge in [-0.25, -0.2) is 9.97 Å². The summed E-state index contributed by atoms with van der Waals surface area (Å²) >= 11 is 0. The highest BCUT2D eigenvalue weighted by Gasteiger charge is 2.40. The number of aryl methyl sites for hydroxylation is 1. The second-order valence-electron chi connectivity index (χ2n) is 6.03. The van der Waals surface area contributed by atoms with E-state index in [-0.39, 0.29) is 11.8 Å². The standard InChI is InChI=1S/C17H20N4O/c1-11-8-14(11)17(22)21(3)10-16-15(9-19-12(2)20-16)13-4-6-18-7-5-13/h4-7,9,11,14H,8,10H2,1-3H3. The van der Waals surface area contributed by atoms with Crippen LogP contribution < -0.4 is 0 Å². The average Bonchev–Trinajstić information content (AvgIpc) is 3.24. The van der Waals surface area contributed by atoms with Gasteiger partial charge in [0.15, 0.2) is 0 Å². The van der Waals surface area contributed by atoms with Crippen LogP contribution in [-0.4, -0.2) is 32.8 Å². The van der Waals surface area contributed by atoms with Crippen molar-refractivity contribution in [1.29, 1.82) is 0 Å². The third-order valence-electron chi connectivity index (χ3n) is 4.17. The first kappa shape index (κ1) is 14.6. The van der Waals surface area contributed by atoms with Gasteiger partial charge in [0.1, 0.15) is 5.82 Å². The van der Waals surface area contributed by atoms with Crippen molar-refractivity contribution in [3.8, 4) is 11.1 Å². The Hall–Kier alpha value is -2.30. The van der Waals surface area contributed by atoms with Crippen LogP contribution in [0.5, 0.6) is 0 Å². The van der Waals surface area contributed by atoms with Gasteiger partial charge in [-0.15, -0.1) is 0 Å². The molecule has 2 heterocycles. The van der Waals surface area contributed by atoms with E-state index in [2.05, 4.69) is 21.9 Å². The maximum atomic E-state index is 12.3. The molecule has 0 bridgehead atoms. The van der Waals surface area contributed by atoms with Crippen LogP contribution in [0.25, 0.3) is 11.1 Å². The van der Waals surface area contributed by atoms with E-state index in [4.69, 9.17) is 0 Å². The summed E-state index contributed by atoms with van der Waals surface area (Å²) in [5.74, 6) is 1.64. The predicted octanol–water partition coefficient (Wildman–Crippen LogP) is 2.46. The maximum absolute atomic E-state index is 12.3. The van der Waals surface area contributed by atoms with Crippen LogP contribution in [0.4, 0.5) is 0 Å². The molecular weight excluding hydrogens is 276 g/mol. The molecule has 114 valence electrons. The van der Waals surface area contributed by atoms with E-state index < -0.39 is 0 Å². The zero-order valence-electron chi connectivity index (χ0n) is 13.2. The molecule has 1 amide bonds. The number of aromatic nitrogens is 3. The van der Waals surface area contributed by atoms with Crippen molar-refractivity contribution in [3.05, 3.63) is 42.2 Å². The molecule has 0 saturated heterocycles. The summed E-state index contributed by atoms with van der Waals surface area (Å²) in [7, 11) is 1.85. The molecule has 22 heavy (non-hydrogen) atoms. The highest BCUT2D eigenvalue weighted by atomic mass is 16.2. The summed E-state index contributed by atoms with van der Waals surface area (Å²) in [6.45, 7) is 4.49. The lowest BCUT2D eigenvalue weighted by atomic mass is 10.1. The smallest absolute Gasteiger partial charge is 0.226 e. The number of nitrogens with zero attached hydrogens (tertiary/aromatic N) is 4. The summed E-state index contributed by atoms with van der Waals surface area (Å²) in [5.41, 5.74) is 2.85. The summed E-state index contributed by atoms with van der Waals surface area (Å²) < 4.78 is 0. The van der Waals surface area contributed by atoms with Crippen molar-refractivity contribution in [3.63, 3.8) is 0 Å². The first-order valence-electron chi connectivity index (χ1n) is 7.54. The first-order valence-corrected chi connectivity index (χ1v) is 7.54. The number of rotatable bonds is 4. The van der Waals surface area contributed by atoms with Crippen molar-refractivity contribution in [1.82, 2.24) is 19.9 Å². The normalized spacial score (nSPS) is 19.8. The van der Waals surface area contributed by atoms with E-state index in [0.29, 0.717) is 18.3 Å². The van der Waals surface area contributed by atoms with Gasteiger partial charge in [0, 0.05) is 37.1 Å². The Morgan fingerprint density at radius 1 is 1.36 bits per heavy atom. The monoisotopic (exact) mass is 296 g/mol. The van der Waals surface area contributed by atoms with Gasteiger partial charge in [-0.05, 0) is 37.0 Å².